The summed E-state index contributed by atoms with van der Waals surface area (Å²) in [5.41, 5.74) is 13.2. The molecule has 1 aliphatic rings. The van der Waals surface area contributed by atoms with Gasteiger partial charge in [0.2, 0.25) is 10.0 Å². The molecule has 0 aliphatic carbocycles. The number of hydrogen-bond donors (Lipinski definition) is 9. The quantitative estimate of drug-likeness (QED) is 0.0436. The van der Waals surface area contributed by atoms with Gasteiger partial charge in [-0.1, -0.05) is 73.7 Å². The summed E-state index contributed by atoms with van der Waals surface area (Å²) in [7, 11) is 6.35. The highest BCUT2D eigenvalue weighted by molar-refractivity contribution is 7.91. The Kier molecular flexibility index (Phi) is 27.0. The number of aromatic amines is 1. The van der Waals surface area contributed by atoms with Crippen molar-refractivity contribution in [2.45, 2.75) is 36.0 Å². The van der Waals surface area contributed by atoms with Crippen molar-refractivity contribution in [3.05, 3.63) is 201 Å². The first-order chi connectivity index (χ1) is 40.6. The van der Waals surface area contributed by atoms with Gasteiger partial charge in [0.1, 0.15) is 5.82 Å². The molecule has 1 saturated heterocycles. The maximum absolute atomic E-state index is 12.4. The van der Waals surface area contributed by atoms with Gasteiger partial charge in [0.15, 0.2) is 22.0 Å². The molecule has 3 aromatic heterocycles. The molecular formula is C63H79N13O6S2. The topological polar surface area (TPSA) is 256 Å². The average molecular weight is 1180 g/mol. The van der Waals surface area contributed by atoms with Crippen LogP contribution in [0.1, 0.15) is 30.7 Å². The number of imidazole rings is 1. The number of aliphatic hydroxyl groups is 1. The van der Waals surface area contributed by atoms with E-state index in [0.29, 0.717) is 18.0 Å². The van der Waals surface area contributed by atoms with Gasteiger partial charge in [0, 0.05) is 125 Å². The number of hydrogen-bond acceptors (Lipinski definition) is 17. The van der Waals surface area contributed by atoms with E-state index in [1.54, 1.807) is 73.5 Å². The number of oxazole rings is 1. The second kappa shape index (κ2) is 34.4. The number of sulfonamides is 1. The fourth-order valence-corrected chi connectivity index (χ4v) is 10.7. The van der Waals surface area contributed by atoms with Gasteiger partial charge in [-0.25, -0.2) is 36.8 Å². The number of aliphatic hydroxyl groups excluding tert-OH is 1. The summed E-state index contributed by atoms with van der Waals surface area (Å²) >= 11 is 0. The lowest BCUT2D eigenvalue weighted by Gasteiger charge is -2.26. The van der Waals surface area contributed by atoms with Crippen molar-refractivity contribution in [3.63, 3.8) is 0 Å². The van der Waals surface area contributed by atoms with E-state index in [1.807, 2.05) is 139 Å². The molecule has 84 heavy (non-hydrogen) atoms. The zero-order valence-electron chi connectivity index (χ0n) is 49.0. The van der Waals surface area contributed by atoms with Crippen molar-refractivity contribution in [1.82, 2.24) is 34.5 Å². The largest absolute Gasteiger partial charge is 0.444 e. The molecule has 0 spiro atoms. The van der Waals surface area contributed by atoms with Crippen LogP contribution < -0.4 is 37.2 Å². The van der Waals surface area contributed by atoms with Gasteiger partial charge in [-0.3, -0.25) is 0 Å². The third-order valence-corrected chi connectivity index (χ3v) is 16.4. The van der Waals surface area contributed by atoms with Gasteiger partial charge in [0.25, 0.3) is 0 Å². The molecule has 0 radical (unpaired) electrons. The molecule has 0 bridgehead atoms. The van der Waals surface area contributed by atoms with Crippen molar-refractivity contribution in [1.29, 1.82) is 0 Å². The van der Waals surface area contributed by atoms with Gasteiger partial charge >= 0.3 is 0 Å². The molecule has 1 fully saturated rings. The van der Waals surface area contributed by atoms with E-state index in [2.05, 4.69) is 86.9 Å². The number of piperidine rings is 1. The number of benzene rings is 6. The van der Waals surface area contributed by atoms with Gasteiger partial charge < -0.3 is 51.7 Å². The second-order valence-corrected chi connectivity index (χ2v) is 22.5. The van der Waals surface area contributed by atoms with E-state index in [0.717, 1.165) is 104 Å². The first-order valence-corrected chi connectivity index (χ1v) is 30.3. The van der Waals surface area contributed by atoms with E-state index in [9.17, 15) is 16.8 Å². The van der Waals surface area contributed by atoms with Crippen LogP contribution in [-0.4, -0.2) is 126 Å². The maximum Gasteiger partial charge on any atom is 0.243 e. The first kappa shape index (κ1) is 65.8. The summed E-state index contributed by atoms with van der Waals surface area (Å²) in [5, 5.41) is 29.8. The van der Waals surface area contributed by atoms with Crippen LogP contribution in [0.25, 0.3) is 39.5 Å². The zero-order valence-corrected chi connectivity index (χ0v) is 50.7. The predicted molar refractivity (Wildman–Crippen MR) is 345 cm³/mol. The molecule has 4 heterocycles. The average Bonchev–Trinajstić information content (AvgIpc) is 4.39. The molecule has 19 nitrogen and oxygen atoms in total. The van der Waals surface area contributed by atoms with Crippen molar-refractivity contribution < 1.29 is 26.4 Å². The van der Waals surface area contributed by atoms with Crippen LogP contribution in [0.4, 0.5) is 34.1 Å². The normalized spacial score (nSPS) is 11.7. The molecule has 6 aromatic carbocycles. The molecule has 1 aliphatic heterocycles. The Hall–Kier alpha value is -9.02. The molecule has 0 atom stereocenters. The summed E-state index contributed by atoms with van der Waals surface area (Å²) < 4.78 is 54.5. The van der Waals surface area contributed by atoms with Gasteiger partial charge in [-0.15, -0.1) is 0 Å². The third kappa shape index (κ3) is 20.8. The van der Waals surface area contributed by atoms with Crippen LogP contribution in [-0.2, 0) is 19.9 Å². The van der Waals surface area contributed by atoms with Crippen LogP contribution >= 0.6 is 0 Å². The molecule has 21 heteroatoms. The minimum absolute atomic E-state index is 0.235. The molecule has 0 saturated carbocycles. The monoisotopic (exact) mass is 1180 g/mol. The lowest BCUT2D eigenvalue weighted by atomic mass is 10.1. The number of anilines is 6. The maximum atomic E-state index is 12.4. The van der Waals surface area contributed by atoms with Gasteiger partial charge in [-0.05, 0) is 116 Å². The number of rotatable bonds is 16. The summed E-state index contributed by atoms with van der Waals surface area (Å²) in [6.07, 6.45) is 11.5. The molecule has 10 rings (SSSR count). The van der Waals surface area contributed by atoms with Crippen molar-refractivity contribution >= 4 is 59.7 Å². The zero-order chi connectivity index (χ0) is 60.7. The molecular weight excluding hydrogens is 1100 g/mol. The second-order valence-electron chi connectivity index (χ2n) is 18.4. The summed E-state index contributed by atoms with van der Waals surface area (Å²) in [6, 6.07) is 47.8. The Morgan fingerprint density at radius 2 is 1.10 bits per heavy atom. The SMILES string of the molecule is C=C(NC)c1cccc(NC)c1.CNc1cccc(-c2ccnc(C)n2)c1.CNc1cccc(-c2cnc[nH]2)c1.CNc1cccc(-c2cnco2)c1.CNc1cccc(S(=O)(=O)CCO)c1.CNc1cccc(S(=O)(=O)N2CCCCC2)c1. The standard InChI is InChI=1S/C12H13N3.C12H18N2O2S.C10H11N3.C10H10N2O.C10H14N2.C9H13NO3S/c1-9-14-7-6-12(15-9)10-4-3-5-11(8-10)13-2;1-13-11-6-5-7-12(10-11)17(15,16)14-8-3-2-4-9-14;2*1-11-9-4-2-3-8(5-9)10-6-12-7-13-10;1-8(11-2)9-5-4-6-10(7-9)12-3;1-10-8-3-2-4-9(7-8)14(12,13)6-5-11/h3-8,13H,1-2H3;5-7,10,13H,2-4,8-9H2,1H3;2-7,11H,1H3,(H,12,13);2-7,11H,1H3;4-7,11-12H,1H2,2-3H3;2-4,7,10-11H,5-6H2,1H3. The summed E-state index contributed by atoms with van der Waals surface area (Å²) in [6.45, 7) is 6.71. The minimum Gasteiger partial charge on any atom is -0.444 e. The van der Waals surface area contributed by atoms with Crippen molar-refractivity contribution in [2.24, 2.45) is 0 Å². The number of H-pyrrole nitrogens is 1. The Bertz CT molecular complexity index is 3540. The fourth-order valence-electron chi connectivity index (χ4n) is 8.05. The Morgan fingerprint density at radius 3 is 1.62 bits per heavy atom. The van der Waals surface area contributed by atoms with Crippen molar-refractivity contribution in [2.75, 3.05) is 107 Å². The Morgan fingerprint density at radius 1 is 0.595 bits per heavy atom. The predicted octanol–water partition coefficient (Wildman–Crippen LogP) is 11.3. The summed E-state index contributed by atoms with van der Waals surface area (Å²) in [5.74, 6) is 1.35. The van der Waals surface area contributed by atoms with Crippen LogP contribution in [0.5, 0.6) is 0 Å². The van der Waals surface area contributed by atoms with Crippen LogP contribution in [0.15, 0.2) is 204 Å². The Balaban J connectivity index is 0.000000185. The van der Waals surface area contributed by atoms with Gasteiger partial charge in [-0.2, -0.15) is 4.31 Å². The Labute approximate surface area is 495 Å². The molecule has 444 valence electrons. The highest BCUT2D eigenvalue weighted by Crippen LogP contribution is 2.25. The van der Waals surface area contributed by atoms with Gasteiger partial charge in [0.05, 0.1) is 52.3 Å². The van der Waals surface area contributed by atoms with E-state index >= 15 is 0 Å². The van der Waals surface area contributed by atoms with E-state index in [-0.39, 0.29) is 17.3 Å². The third-order valence-electron chi connectivity index (χ3n) is 12.8. The smallest absolute Gasteiger partial charge is 0.243 e. The van der Waals surface area contributed by atoms with E-state index in [4.69, 9.17) is 9.52 Å². The fraction of sp³-hybridized carbons (Fsp3) is 0.238. The van der Waals surface area contributed by atoms with Crippen LogP contribution in [0.2, 0.25) is 0 Å². The van der Waals surface area contributed by atoms with E-state index in [1.165, 1.54) is 12.5 Å². The number of aryl methyl sites for hydroxylation is 1. The lowest BCUT2D eigenvalue weighted by Crippen LogP contribution is -2.35. The van der Waals surface area contributed by atoms with Crippen LogP contribution in [0, 0.1) is 6.92 Å². The number of nitrogens with one attached hydrogen (secondary N) is 8. The molecule has 9 N–H and O–H groups in total. The lowest BCUT2D eigenvalue weighted by molar-refractivity contribution is 0.319. The minimum atomic E-state index is -3.33. The van der Waals surface area contributed by atoms with Crippen LogP contribution in [0.3, 0.4) is 0 Å². The molecule has 0 unspecified atom stereocenters. The molecule has 9 aromatic rings. The van der Waals surface area contributed by atoms with E-state index < -0.39 is 19.9 Å². The van der Waals surface area contributed by atoms with Crippen molar-refractivity contribution in [3.8, 4) is 33.8 Å². The highest BCUT2D eigenvalue weighted by Gasteiger charge is 2.26. The molecule has 0 amide bonds. The summed E-state index contributed by atoms with van der Waals surface area (Å²) in [4.78, 5) is 20.0. The first-order valence-electron chi connectivity index (χ1n) is 27.2. The number of sulfone groups is 1. The number of aromatic nitrogens is 5. The highest BCUT2D eigenvalue weighted by atomic mass is 32.2. The number of nitrogens with zero attached hydrogens (tertiary/aromatic N) is 5.